The Morgan fingerprint density at radius 3 is 0.900 bits per heavy atom. The van der Waals surface area contributed by atoms with Crippen LogP contribution in [-0.4, -0.2) is 159 Å². The number of fused-ring (bicyclic) bond motifs is 14. The molecule has 696 valence electrons. The molecule has 11 aliphatic carbocycles. The van der Waals surface area contributed by atoms with Crippen molar-refractivity contribution < 1.29 is 87.3 Å². The van der Waals surface area contributed by atoms with Crippen LogP contribution in [-0.2, 0) is 80.6 Å². The maximum absolute atomic E-state index is 14.4. The van der Waals surface area contributed by atoms with Crippen LogP contribution in [0.1, 0.15) is 236 Å². The molecule has 35 heteroatoms. The van der Waals surface area contributed by atoms with Crippen molar-refractivity contribution in [2.75, 3.05) is 69.0 Å². The summed E-state index contributed by atoms with van der Waals surface area (Å²) in [5.41, 5.74) is -8.21. The van der Waals surface area contributed by atoms with Gasteiger partial charge in [0.05, 0.1) is 77.2 Å². The summed E-state index contributed by atoms with van der Waals surface area (Å²) >= 11 is 61.6. The van der Waals surface area contributed by atoms with Crippen LogP contribution < -0.4 is 26.6 Å². The van der Waals surface area contributed by atoms with E-state index in [4.69, 9.17) is 125 Å². The number of ketones is 5. The van der Waals surface area contributed by atoms with Gasteiger partial charge in [-0.15, -0.1) is 0 Å². The molecule has 130 heavy (non-hydrogen) atoms. The van der Waals surface area contributed by atoms with Gasteiger partial charge in [0.15, 0.2) is 33.8 Å². The fraction of sp³-hybridized carbons (Fsp3) is 0.516. The number of halogens is 11. The minimum absolute atomic E-state index is 0.0417. The molecule has 6 bridgehead atoms. The van der Waals surface area contributed by atoms with Crippen LogP contribution in [0.5, 0.6) is 0 Å². The fourth-order valence-corrected chi connectivity index (χ4v) is 24.9. The lowest BCUT2D eigenvalue weighted by atomic mass is 9.54. The molecule has 11 saturated carbocycles. The van der Waals surface area contributed by atoms with E-state index in [9.17, 15) is 77.9 Å². The van der Waals surface area contributed by atoms with Gasteiger partial charge in [-0.3, -0.25) is 47.9 Å². The highest BCUT2D eigenvalue weighted by Crippen LogP contribution is 2.62. The minimum Gasteiger partial charge on any atom is -0.381 e. The number of carbonyl (C=O) groups excluding carboxylic acids is 10. The third-order valence-corrected chi connectivity index (χ3v) is 34.4. The highest BCUT2D eigenvalue weighted by atomic mass is 35.5. The highest BCUT2D eigenvalue weighted by Gasteiger charge is 2.62. The van der Waals surface area contributed by atoms with Crippen molar-refractivity contribution in [2.45, 2.75) is 243 Å². The number of amides is 5. The second-order valence-corrected chi connectivity index (χ2v) is 42.3. The second-order valence-electron chi connectivity index (χ2n) is 38.2. The van der Waals surface area contributed by atoms with E-state index in [1.807, 2.05) is 0 Å². The molecule has 0 aromatic heterocycles. The first-order chi connectivity index (χ1) is 61.2. The zero-order chi connectivity index (χ0) is 94.1. The van der Waals surface area contributed by atoms with Gasteiger partial charge in [-0.25, -0.2) is 4.39 Å². The van der Waals surface area contributed by atoms with Crippen LogP contribution in [0.15, 0.2) is 78.9 Å². The Morgan fingerprint density at radius 1 is 0.369 bits per heavy atom. The van der Waals surface area contributed by atoms with Crippen molar-refractivity contribution >= 4 is 203 Å². The number of nitrogens with one attached hydrogen (secondary N) is 5. The molecule has 5 aliphatic heterocycles. The van der Waals surface area contributed by atoms with Crippen molar-refractivity contribution in [2.24, 2.45) is 22.2 Å². The number of methoxy groups -OCH3 is 2. The Morgan fingerprint density at radius 2 is 0.638 bits per heavy atom. The van der Waals surface area contributed by atoms with E-state index in [2.05, 4.69) is 64.6 Å². The molecule has 16 aliphatic rings. The highest BCUT2D eigenvalue weighted by molar-refractivity contribution is 6.42. The van der Waals surface area contributed by atoms with Crippen LogP contribution >= 0.6 is 116 Å². The van der Waals surface area contributed by atoms with E-state index in [0.717, 1.165) is 147 Å². The van der Waals surface area contributed by atoms with E-state index in [1.54, 1.807) is 56.7 Å². The standard InChI is InChI=1S/2C20H24Cl2N2O3.C19H14Cl2FNO3.C19H21Cl2NO4.C17H19Cl2NO4/c2*1-24(2)19-8-5-18(6-9-19,7-10-19)14(25)11-20(27)15-12(21)3-4-13(22)16(15)23-17(20)26;20-12-5-6-13(21)17-16(12)19(26,18(25)23-17)8-15(24)11-4-3-10(7-14(11)22)9-1-2-9;1-26-18-7-4-17(5-8-18,6-9-18)13(23)10-19(25)14-11(20)2-3-12(21)15(14)22-16(19)24;1-24-10-4-2-9(3-5-10)13(21)8-17(23)14-11(18)6-7-12(19)15(14)20-16(17)22/h2*3-4,27H,5-11H2,1-2H3,(H,23,26);3-7,9,26H,1-2,8H2,(H,23,25);2-3,25H,4-10H2,1H3,(H,22,24);6-7,9-10,23H,2-5,8H2,1H3,(H,20,22)/t2*18?,19?,20-;19-;17?,18?,19-;9?,10?,17-/m10100/s1. The molecule has 0 unspecified atom stereocenters. The second kappa shape index (κ2) is 36.5. The van der Waals surface area contributed by atoms with Gasteiger partial charge in [0.25, 0.3) is 29.5 Å². The number of Topliss-reactive ketones (excluding diaryl/α,β-unsaturated/α-hetero) is 5. The fourth-order valence-electron chi connectivity index (χ4n) is 22.3. The first kappa shape index (κ1) is 98.0. The lowest BCUT2D eigenvalue weighted by molar-refractivity contribution is -0.158. The van der Waals surface area contributed by atoms with Crippen LogP contribution in [0, 0.1) is 28.0 Å². The summed E-state index contributed by atoms with van der Waals surface area (Å²) in [6.45, 7) is 0. The van der Waals surface area contributed by atoms with Gasteiger partial charge in [-0.05, 0) is 267 Å². The van der Waals surface area contributed by atoms with E-state index < -0.39 is 91.8 Å². The van der Waals surface area contributed by atoms with E-state index >= 15 is 0 Å². The predicted octanol–water partition coefficient (Wildman–Crippen LogP) is 19.0. The van der Waals surface area contributed by atoms with Gasteiger partial charge < -0.3 is 71.4 Å². The summed E-state index contributed by atoms with van der Waals surface area (Å²) in [6, 6.07) is 19.8. The molecule has 0 saturated heterocycles. The average Bonchev–Trinajstić information content (AvgIpc) is 1.26. The summed E-state index contributed by atoms with van der Waals surface area (Å²) in [7, 11) is 11.8. The molecule has 24 nitrogen and oxygen atoms in total. The molecule has 6 aromatic rings. The van der Waals surface area contributed by atoms with Gasteiger partial charge in [-0.2, -0.15) is 0 Å². The zero-order valence-electron chi connectivity index (χ0n) is 72.4. The number of benzene rings is 6. The molecule has 5 amide bonds. The predicted molar refractivity (Wildman–Crippen MR) is 496 cm³/mol. The Bertz CT molecular complexity index is 5500. The first-order valence-electron chi connectivity index (χ1n) is 43.7. The zero-order valence-corrected chi connectivity index (χ0v) is 80.0. The molecule has 22 rings (SSSR count). The Labute approximate surface area is 801 Å². The lowest BCUT2D eigenvalue weighted by Crippen LogP contribution is -2.56. The topological polar surface area (TPSA) is 357 Å². The molecule has 11 fully saturated rings. The molecule has 5 atom stereocenters. The summed E-state index contributed by atoms with van der Waals surface area (Å²) in [6.07, 6.45) is 18.8. The Kier molecular flexibility index (Phi) is 27.5. The van der Waals surface area contributed by atoms with Crippen molar-refractivity contribution in [1.82, 2.24) is 9.80 Å². The monoisotopic (exact) mass is 1980 g/mol. The molecular weight excluding hydrogens is 1880 g/mol. The average molecular weight is 1990 g/mol. The smallest absolute Gasteiger partial charge is 0.261 e. The molecule has 5 heterocycles. The van der Waals surface area contributed by atoms with Crippen molar-refractivity contribution in [3.8, 4) is 0 Å². The molecule has 10 N–H and O–H groups in total. The Hall–Kier alpha value is -6.51. The van der Waals surface area contributed by atoms with E-state index in [0.29, 0.717) is 50.9 Å². The summed E-state index contributed by atoms with van der Waals surface area (Å²) < 4.78 is 25.4. The third kappa shape index (κ3) is 17.3. The number of carbonyl (C=O) groups is 10. The number of rotatable bonds is 20. The minimum atomic E-state index is -2.20. The number of nitrogens with zero attached hydrogens (tertiary/aromatic N) is 2. The number of hydrogen-bond donors (Lipinski definition) is 10. The van der Waals surface area contributed by atoms with Crippen molar-refractivity contribution in [3.05, 3.63) is 174 Å². The Balaban J connectivity index is 0.000000125. The van der Waals surface area contributed by atoms with Crippen LogP contribution in [0.4, 0.5) is 32.8 Å². The maximum atomic E-state index is 14.4. The lowest BCUT2D eigenvalue weighted by Gasteiger charge is -2.55. The largest absolute Gasteiger partial charge is 0.381 e. The summed E-state index contributed by atoms with van der Waals surface area (Å²) in [4.78, 5) is 132. The van der Waals surface area contributed by atoms with Gasteiger partial charge in [0.1, 0.15) is 29.0 Å². The molecule has 0 spiro atoms. The van der Waals surface area contributed by atoms with Crippen molar-refractivity contribution in [3.63, 3.8) is 0 Å². The van der Waals surface area contributed by atoms with Crippen LogP contribution in [0.3, 0.4) is 0 Å². The molecule has 0 radical (unpaired) electrons. The quantitative estimate of drug-likeness (QED) is 0.0317. The van der Waals surface area contributed by atoms with Crippen molar-refractivity contribution in [1.29, 1.82) is 0 Å². The number of hydrogen-bond acceptors (Lipinski definition) is 19. The summed E-state index contributed by atoms with van der Waals surface area (Å²) in [5, 5.41) is 70.5. The molecular formula is C95H102Cl10FN7O17. The molecule has 6 aromatic carbocycles. The van der Waals surface area contributed by atoms with E-state index in [1.165, 1.54) is 36.4 Å². The SMILES string of the molecule is CN(C)C12CCC(C(=O)C[C@@]3(O)C(=O)Nc4c(Cl)ccc(Cl)c43)(CC1)CC2.CN(C)C12CCC(C(=O)C[C@]3(O)C(=O)Nc4c(Cl)ccc(Cl)c43)(CC1)CC2.COC12CCC(C(=O)C[C@@]3(O)C(=O)Nc4c(Cl)ccc(Cl)c43)(CC1)CC2.COC1CCC(C(=O)C[C@@]2(O)C(=O)Nc3c(Cl)ccc(Cl)c32)CC1.O=C(C[C@]1(O)C(=O)Nc2c(Cl)ccc(Cl)c21)c1ccc(C2CC2)cc1F. The summed E-state index contributed by atoms with van der Waals surface area (Å²) in [5.74, 6) is -4.85. The van der Waals surface area contributed by atoms with Crippen LogP contribution in [0.25, 0.3) is 0 Å². The third-order valence-electron chi connectivity index (χ3n) is 31.3. The van der Waals surface area contributed by atoms with Gasteiger partial charge in [0, 0.05) is 126 Å². The van der Waals surface area contributed by atoms with Gasteiger partial charge in [0.2, 0.25) is 0 Å². The first-order valence-corrected chi connectivity index (χ1v) is 47.5. The number of ether oxygens (including phenoxy) is 2. The van der Waals surface area contributed by atoms with Crippen LogP contribution in [0.2, 0.25) is 50.2 Å². The number of anilines is 5. The maximum Gasteiger partial charge on any atom is 0.261 e. The number of aliphatic hydroxyl groups is 5. The van der Waals surface area contributed by atoms with E-state index in [-0.39, 0.29) is 157 Å². The van der Waals surface area contributed by atoms with Gasteiger partial charge in [-0.1, -0.05) is 122 Å². The normalized spacial score (nSPS) is 31.2. The van der Waals surface area contributed by atoms with Gasteiger partial charge >= 0.3 is 0 Å².